The van der Waals surface area contributed by atoms with Crippen LogP contribution < -0.4 is 16.4 Å². The fourth-order valence-corrected chi connectivity index (χ4v) is 2.67. The highest BCUT2D eigenvalue weighted by Gasteiger charge is 2.25. The van der Waals surface area contributed by atoms with Gasteiger partial charge in [-0.15, -0.1) is 12.4 Å². The van der Waals surface area contributed by atoms with Crippen molar-refractivity contribution >= 4 is 30.0 Å². The lowest BCUT2D eigenvalue weighted by molar-refractivity contribution is -0.130. The van der Waals surface area contributed by atoms with Crippen molar-refractivity contribution < 1.29 is 19.5 Å². The van der Waals surface area contributed by atoms with Gasteiger partial charge < -0.3 is 21.5 Å². The van der Waals surface area contributed by atoms with Crippen LogP contribution >= 0.6 is 12.4 Å². The minimum absolute atomic E-state index is 0. The number of carbonyl (C=O) groups is 3. The molecule has 2 amide bonds. The molecule has 8 heteroatoms. The molecule has 0 fully saturated rings. The highest BCUT2D eigenvalue weighted by Crippen LogP contribution is 2.12. The molecule has 0 heterocycles. The molecule has 2 atom stereocenters. The van der Waals surface area contributed by atoms with Crippen LogP contribution in [0.1, 0.15) is 45.1 Å². The molecule has 1 aromatic carbocycles. The second kappa shape index (κ2) is 14.0. The van der Waals surface area contributed by atoms with Crippen molar-refractivity contribution in [3.05, 3.63) is 29.8 Å². The SMILES string of the molecule is CCC(C)C(NC(=O)CCN)C(=O)NCCCC(=O)Cc1cccc(O)c1.Cl. The Morgan fingerprint density at radius 1 is 1.21 bits per heavy atom. The number of rotatable bonds is 12. The summed E-state index contributed by atoms with van der Waals surface area (Å²) in [5.41, 5.74) is 6.14. The Morgan fingerprint density at radius 3 is 2.54 bits per heavy atom. The van der Waals surface area contributed by atoms with E-state index in [4.69, 9.17) is 5.73 Å². The highest BCUT2D eigenvalue weighted by molar-refractivity contribution is 5.88. The van der Waals surface area contributed by atoms with E-state index in [1.165, 1.54) is 0 Å². The summed E-state index contributed by atoms with van der Waals surface area (Å²) >= 11 is 0. The first-order valence-corrected chi connectivity index (χ1v) is 9.44. The fraction of sp³-hybridized carbons (Fsp3) is 0.550. The number of amides is 2. The molecule has 0 saturated heterocycles. The number of carbonyl (C=O) groups excluding carboxylic acids is 3. The summed E-state index contributed by atoms with van der Waals surface area (Å²) in [6, 6.07) is 6.02. The van der Waals surface area contributed by atoms with Crippen LogP contribution in [0.15, 0.2) is 24.3 Å². The van der Waals surface area contributed by atoms with E-state index in [1.807, 2.05) is 13.8 Å². The van der Waals surface area contributed by atoms with Crippen molar-refractivity contribution in [2.45, 2.75) is 52.0 Å². The molecule has 0 aromatic heterocycles. The van der Waals surface area contributed by atoms with Gasteiger partial charge in [-0.2, -0.15) is 0 Å². The van der Waals surface area contributed by atoms with E-state index in [9.17, 15) is 19.5 Å². The Labute approximate surface area is 172 Å². The van der Waals surface area contributed by atoms with Crippen molar-refractivity contribution in [1.29, 1.82) is 0 Å². The van der Waals surface area contributed by atoms with Crippen LogP contribution in [0.25, 0.3) is 0 Å². The number of hydrogen-bond donors (Lipinski definition) is 4. The summed E-state index contributed by atoms with van der Waals surface area (Å²) in [7, 11) is 0. The largest absolute Gasteiger partial charge is 0.508 e. The molecule has 5 N–H and O–H groups in total. The van der Waals surface area contributed by atoms with Gasteiger partial charge in [0.15, 0.2) is 0 Å². The maximum Gasteiger partial charge on any atom is 0.242 e. The lowest BCUT2D eigenvalue weighted by Gasteiger charge is -2.23. The maximum atomic E-state index is 12.4. The number of nitrogens with one attached hydrogen (secondary N) is 2. The van der Waals surface area contributed by atoms with Gasteiger partial charge >= 0.3 is 0 Å². The lowest BCUT2D eigenvalue weighted by atomic mass is 9.98. The van der Waals surface area contributed by atoms with Crippen molar-refractivity contribution in [3.8, 4) is 5.75 Å². The first-order chi connectivity index (χ1) is 12.9. The molecular formula is C20H32ClN3O4. The highest BCUT2D eigenvalue weighted by atomic mass is 35.5. The average molecular weight is 414 g/mol. The van der Waals surface area contributed by atoms with E-state index in [1.54, 1.807) is 24.3 Å². The topological polar surface area (TPSA) is 122 Å². The standard InChI is InChI=1S/C20H31N3O4.ClH/c1-3-14(2)19(23-18(26)9-10-21)20(27)22-11-5-8-17(25)13-15-6-4-7-16(24)12-15;/h4,6-7,12,14,19,24H,3,5,8-11,13,21H2,1-2H3,(H,22,27)(H,23,26);1H. The third-order valence-corrected chi connectivity index (χ3v) is 4.43. The van der Waals surface area contributed by atoms with Gasteiger partial charge in [-0.05, 0) is 30.0 Å². The third kappa shape index (κ3) is 9.71. The quantitative estimate of drug-likeness (QED) is 0.388. The van der Waals surface area contributed by atoms with E-state index >= 15 is 0 Å². The number of halogens is 1. The normalized spacial score (nSPS) is 12.4. The number of phenols is 1. The van der Waals surface area contributed by atoms with Gasteiger partial charge in [0.2, 0.25) is 11.8 Å². The number of nitrogens with two attached hydrogens (primary N) is 1. The Bertz CT molecular complexity index is 640. The van der Waals surface area contributed by atoms with Crippen molar-refractivity contribution in [1.82, 2.24) is 10.6 Å². The van der Waals surface area contributed by atoms with Crippen LogP contribution in [0, 0.1) is 5.92 Å². The van der Waals surface area contributed by atoms with Gasteiger partial charge in [0.1, 0.15) is 17.6 Å². The van der Waals surface area contributed by atoms with Gasteiger partial charge in [-0.1, -0.05) is 32.4 Å². The number of Topliss-reactive ketones (excluding diaryl/α,β-unsaturated/α-hetero) is 1. The summed E-state index contributed by atoms with van der Waals surface area (Å²) in [6.45, 7) is 4.47. The molecule has 7 nitrogen and oxygen atoms in total. The first-order valence-electron chi connectivity index (χ1n) is 9.44. The number of hydrogen-bond acceptors (Lipinski definition) is 5. The molecule has 2 unspecified atom stereocenters. The summed E-state index contributed by atoms with van der Waals surface area (Å²) in [5.74, 6) is -0.293. The van der Waals surface area contributed by atoms with Gasteiger partial charge in [0, 0.05) is 32.4 Å². The Balaban J connectivity index is 0.00000729. The number of ketones is 1. The monoisotopic (exact) mass is 413 g/mol. The molecule has 0 radical (unpaired) electrons. The van der Waals surface area contributed by atoms with Crippen molar-refractivity contribution in [3.63, 3.8) is 0 Å². The van der Waals surface area contributed by atoms with Crippen molar-refractivity contribution in [2.24, 2.45) is 11.7 Å². The summed E-state index contributed by atoms with van der Waals surface area (Å²) in [6.07, 6.45) is 2.05. The molecule has 0 aliphatic rings. The molecular weight excluding hydrogens is 382 g/mol. The molecule has 0 aliphatic carbocycles. The lowest BCUT2D eigenvalue weighted by Crippen LogP contribution is -2.50. The smallest absolute Gasteiger partial charge is 0.242 e. The van der Waals surface area contributed by atoms with Gasteiger partial charge in [0.05, 0.1) is 0 Å². The zero-order chi connectivity index (χ0) is 20.2. The Kier molecular flexibility index (Phi) is 12.9. The molecule has 0 aliphatic heterocycles. The van der Waals surface area contributed by atoms with Crippen LogP contribution in [0.4, 0.5) is 0 Å². The molecule has 1 aromatic rings. The minimum atomic E-state index is -0.600. The first kappa shape index (κ1) is 25.9. The predicted octanol–water partition coefficient (Wildman–Crippen LogP) is 1.70. The molecule has 28 heavy (non-hydrogen) atoms. The summed E-state index contributed by atoms with van der Waals surface area (Å²) < 4.78 is 0. The molecule has 0 saturated carbocycles. The summed E-state index contributed by atoms with van der Waals surface area (Å²) in [5, 5.41) is 14.9. The molecule has 158 valence electrons. The van der Waals surface area contributed by atoms with E-state index in [-0.39, 0.29) is 61.1 Å². The predicted molar refractivity (Wildman–Crippen MR) is 111 cm³/mol. The summed E-state index contributed by atoms with van der Waals surface area (Å²) in [4.78, 5) is 36.2. The Morgan fingerprint density at radius 2 is 1.93 bits per heavy atom. The molecule has 0 spiro atoms. The van der Waals surface area contributed by atoms with Crippen LogP contribution in [-0.4, -0.2) is 41.8 Å². The zero-order valence-corrected chi connectivity index (χ0v) is 17.4. The number of benzene rings is 1. The van der Waals surface area contributed by atoms with E-state index < -0.39 is 6.04 Å². The molecule has 1 rings (SSSR count). The average Bonchev–Trinajstić information content (AvgIpc) is 2.62. The second-order valence-corrected chi connectivity index (χ2v) is 6.75. The third-order valence-electron chi connectivity index (χ3n) is 4.43. The van der Waals surface area contributed by atoms with Gasteiger partial charge in [-0.3, -0.25) is 14.4 Å². The van der Waals surface area contributed by atoms with E-state index in [0.29, 0.717) is 19.4 Å². The fourth-order valence-electron chi connectivity index (χ4n) is 2.67. The van der Waals surface area contributed by atoms with Gasteiger partial charge in [0.25, 0.3) is 0 Å². The Hall–Kier alpha value is -2.12. The number of aromatic hydroxyl groups is 1. The van der Waals surface area contributed by atoms with Crippen molar-refractivity contribution in [2.75, 3.05) is 13.1 Å². The molecule has 0 bridgehead atoms. The minimum Gasteiger partial charge on any atom is -0.508 e. The maximum absolute atomic E-state index is 12.4. The van der Waals surface area contributed by atoms with E-state index in [2.05, 4.69) is 10.6 Å². The van der Waals surface area contributed by atoms with Crippen LogP contribution in [0.2, 0.25) is 0 Å². The van der Waals surface area contributed by atoms with Crippen LogP contribution in [0.5, 0.6) is 5.75 Å². The van der Waals surface area contributed by atoms with Crippen LogP contribution in [-0.2, 0) is 20.8 Å². The van der Waals surface area contributed by atoms with Crippen LogP contribution in [0.3, 0.4) is 0 Å². The van der Waals surface area contributed by atoms with Gasteiger partial charge in [-0.25, -0.2) is 0 Å². The number of phenolic OH excluding ortho intramolecular Hbond substituents is 1. The zero-order valence-electron chi connectivity index (χ0n) is 16.6. The van der Waals surface area contributed by atoms with E-state index in [0.717, 1.165) is 12.0 Å². The second-order valence-electron chi connectivity index (χ2n) is 6.75.